The van der Waals surface area contributed by atoms with Gasteiger partial charge in [-0.25, -0.2) is 0 Å². The van der Waals surface area contributed by atoms with E-state index < -0.39 is 0 Å². The molecule has 0 unspecified atom stereocenters. The first kappa shape index (κ1) is 20.7. The quantitative estimate of drug-likeness (QED) is 0.403. The number of hydrogen-bond acceptors (Lipinski definition) is 4. The minimum Gasteiger partial charge on any atom is -0.493 e. The highest BCUT2D eigenvalue weighted by molar-refractivity contribution is 5.79. The van der Waals surface area contributed by atoms with Gasteiger partial charge in [-0.05, 0) is 37.1 Å². The molecule has 0 fully saturated rings. The molecular formula is C21H30N4O2. The van der Waals surface area contributed by atoms with Gasteiger partial charge in [-0.2, -0.15) is 0 Å². The van der Waals surface area contributed by atoms with Crippen molar-refractivity contribution in [1.82, 2.24) is 15.6 Å². The number of aromatic nitrogens is 1. The second-order valence-electron chi connectivity index (χ2n) is 6.35. The molecule has 27 heavy (non-hydrogen) atoms. The first-order valence-corrected chi connectivity index (χ1v) is 9.20. The Kier molecular flexibility index (Phi) is 8.58. The van der Waals surface area contributed by atoms with E-state index in [1.165, 1.54) is 5.56 Å². The number of nitrogens with one attached hydrogen (secondary N) is 2. The van der Waals surface area contributed by atoms with Crippen molar-refractivity contribution in [3.05, 3.63) is 58.9 Å². The van der Waals surface area contributed by atoms with E-state index in [2.05, 4.69) is 58.7 Å². The molecule has 0 radical (unpaired) electrons. The van der Waals surface area contributed by atoms with E-state index in [-0.39, 0.29) is 0 Å². The second-order valence-corrected chi connectivity index (χ2v) is 6.35. The molecule has 0 aliphatic carbocycles. The normalized spacial score (nSPS) is 11.3. The Bertz CT molecular complexity index is 747. The van der Waals surface area contributed by atoms with Crippen LogP contribution in [0.3, 0.4) is 0 Å². The number of aliphatic imine (C=N–C) groups is 1. The molecule has 1 aromatic heterocycles. The highest BCUT2D eigenvalue weighted by Crippen LogP contribution is 2.20. The minimum atomic E-state index is 0.626. The average Bonchev–Trinajstić information content (AvgIpc) is 2.68. The molecule has 2 rings (SSSR count). The van der Waals surface area contributed by atoms with Crippen LogP contribution in [0, 0.1) is 13.8 Å². The molecule has 146 valence electrons. The van der Waals surface area contributed by atoms with Crippen LogP contribution in [0.15, 0.2) is 41.5 Å². The fraction of sp³-hybridized carbons (Fsp3) is 0.429. The fourth-order valence-electron chi connectivity index (χ4n) is 2.60. The van der Waals surface area contributed by atoms with Crippen LogP contribution in [0.2, 0.25) is 0 Å². The molecule has 0 saturated heterocycles. The third kappa shape index (κ3) is 6.90. The van der Waals surface area contributed by atoms with E-state index in [4.69, 9.17) is 9.47 Å². The molecule has 0 saturated carbocycles. The van der Waals surface area contributed by atoms with Gasteiger partial charge in [0.25, 0.3) is 0 Å². The number of methoxy groups -OCH3 is 1. The fourth-order valence-corrected chi connectivity index (χ4v) is 2.60. The van der Waals surface area contributed by atoms with Crippen molar-refractivity contribution in [2.24, 2.45) is 4.99 Å². The van der Waals surface area contributed by atoms with Gasteiger partial charge in [0.2, 0.25) is 0 Å². The van der Waals surface area contributed by atoms with Crippen molar-refractivity contribution in [2.75, 3.05) is 27.4 Å². The first-order chi connectivity index (χ1) is 13.1. The summed E-state index contributed by atoms with van der Waals surface area (Å²) in [6.45, 7) is 6.70. The van der Waals surface area contributed by atoms with Crippen LogP contribution in [0.25, 0.3) is 0 Å². The SMILES string of the molecule is CN=C(NCc1ccc(C)cc1OCCCOC)NCc1ncccc1C. The molecule has 1 heterocycles. The number of ether oxygens (including phenoxy) is 2. The lowest BCUT2D eigenvalue weighted by atomic mass is 10.1. The van der Waals surface area contributed by atoms with Gasteiger partial charge in [0, 0.05) is 45.5 Å². The van der Waals surface area contributed by atoms with Crippen molar-refractivity contribution >= 4 is 5.96 Å². The topological polar surface area (TPSA) is 67.8 Å². The molecule has 0 spiro atoms. The van der Waals surface area contributed by atoms with E-state index >= 15 is 0 Å². The van der Waals surface area contributed by atoms with Crippen LogP contribution in [0.5, 0.6) is 5.75 Å². The summed E-state index contributed by atoms with van der Waals surface area (Å²) < 4.78 is 11.0. The lowest BCUT2D eigenvalue weighted by Crippen LogP contribution is -2.36. The van der Waals surface area contributed by atoms with Gasteiger partial charge in [0.1, 0.15) is 5.75 Å². The van der Waals surface area contributed by atoms with Crippen LogP contribution in [-0.2, 0) is 17.8 Å². The number of aryl methyl sites for hydroxylation is 2. The molecule has 0 aliphatic rings. The van der Waals surface area contributed by atoms with Gasteiger partial charge < -0.3 is 20.1 Å². The van der Waals surface area contributed by atoms with Gasteiger partial charge in [-0.3, -0.25) is 9.98 Å². The lowest BCUT2D eigenvalue weighted by Gasteiger charge is -2.16. The first-order valence-electron chi connectivity index (χ1n) is 9.20. The molecule has 0 aliphatic heterocycles. The highest BCUT2D eigenvalue weighted by Gasteiger charge is 2.07. The minimum absolute atomic E-state index is 0.626. The van der Waals surface area contributed by atoms with Gasteiger partial charge in [-0.15, -0.1) is 0 Å². The summed E-state index contributed by atoms with van der Waals surface area (Å²) in [6, 6.07) is 10.2. The summed E-state index contributed by atoms with van der Waals surface area (Å²) in [7, 11) is 3.46. The van der Waals surface area contributed by atoms with E-state index in [0.717, 1.165) is 35.0 Å². The molecule has 6 nitrogen and oxygen atoms in total. The summed E-state index contributed by atoms with van der Waals surface area (Å²) >= 11 is 0. The largest absolute Gasteiger partial charge is 0.493 e. The van der Waals surface area contributed by atoms with E-state index in [1.54, 1.807) is 20.4 Å². The number of guanidine groups is 1. The van der Waals surface area contributed by atoms with Crippen LogP contribution < -0.4 is 15.4 Å². The van der Waals surface area contributed by atoms with Crippen LogP contribution in [-0.4, -0.2) is 38.3 Å². The zero-order valence-electron chi connectivity index (χ0n) is 16.7. The Labute approximate surface area is 162 Å². The van der Waals surface area contributed by atoms with Crippen LogP contribution in [0.1, 0.15) is 28.8 Å². The van der Waals surface area contributed by atoms with Crippen molar-refractivity contribution in [2.45, 2.75) is 33.4 Å². The molecule has 0 bridgehead atoms. The maximum Gasteiger partial charge on any atom is 0.191 e. The summed E-state index contributed by atoms with van der Waals surface area (Å²) in [6.07, 6.45) is 2.67. The van der Waals surface area contributed by atoms with Crippen molar-refractivity contribution in [3.8, 4) is 5.75 Å². The molecule has 2 aromatic rings. The molecule has 1 aromatic carbocycles. The van der Waals surface area contributed by atoms with Gasteiger partial charge in [-0.1, -0.05) is 18.2 Å². The third-order valence-electron chi connectivity index (χ3n) is 4.18. The average molecular weight is 370 g/mol. The zero-order chi connectivity index (χ0) is 19.5. The maximum atomic E-state index is 5.94. The molecule has 6 heteroatoms. The van der Waals surface area contributed by atoms with Crippen molar-refractivity contribution in [1.29, 1.82) is 0 Å². The Hall–Kier alpha value is -2.60. The monoisotopic (exact) mass is 370 g/mol. The second kappa shape index (κ2) is 11.2. The Morgan fingerprint density at radius 3 is 2.67 bits per heavy atom. The van der Waals surface area contributed by atoms with Gasteiger partial charge in [0.05, 0.1) is 18.8 Å². The molecule has 0 amide bonds. The molecular weight excluding hydrogens is 340 g/mol. The van der Waals surface area contributed by atoms with E-state index in [9.17, 15) is 0 Å². The van der Waals surface area contributed by atoms with E-state index in [0.29, 0.717) is 26.3 Å². The summed E-state index contributed by atoms with van der Waals surface area (Å²) in [5, 5.41) is 6.65. The number of nitrogens with zero attached hydrogens (tertiary/aromatic N) is 2. The van der Waals surface area contributed by atoms with Gasteiger partial charge >= 0.3 is 0 Å². The summed E-state index contributed by atoms with van der Waals surface area (Å²) in [4.78, 5) is 8.69. The van der Waals surface area contributed by atoms with Crippen molar-refractivity contribution < 1.29 is 9.47 Å². The highest BCUT2D eigenvalue weighted by atomic mass is 16.5. The number of hydrogen-bond donors (Lipinski definition) is 2. The standard InChI is InChI=1S/C21H30N4O2/c1-16-8-9-18(20(13-16)27-12-6-11-26-4)14-24-21(22-3)25-15-19-17(2)7-5-10-23-19/h5,7-10,13H,6,11-12,14-15H2,1-4H3,(H2,22,24,25). The Balaban J connectivity index is 1.92. The lowest BCUT2D eigenvalue weighted by molar-refractivity contribution is 0.171. The summed E-state index contributed by atoms with van der Waals surface area (Å²) in [5.74, 6) is 1.63. The number of benzene rings is 1. The summed E-state index contributed by atoms with van der Waals surface area (Å²) in [5.41, 5.74) is 4.44. The molecule has 2 N–H and O–H groups in total. The number of rotatable bonds is 9. The van der Waals surface area contributed by atoms with Crippen LogP contribution in [0.4, 0.5) is 0 Å². The predicted molar refractivity (Wildman–Crippen MR) is 109 cm³/mol. The Morgan fingerprint density at radius 2 is 1.93 bits per heavy atom. The van der Waals surface area contributed by atoms with E-state index in [1.807, 2.05) is 6.07 Å². The van der Waals surface area contributed by atoms with Crippen molar-refractivity contribution in [3.63, 3.8) is 0 Å². The number of pyridine rings is 1. The maximum absolute atomic E-state index is 5.94. The smallest absolute Gasteiger partial charge is 0.191 e. The van der Waals surface area contributed by atoms with Gasteiger partial charge in [0.15, 0.2) is 5.96 Å². The Morgan fingerprint density at radius 1 is 1.11 bits per heavy atom. The predicted octanol–water partition coefficient (Wildman–Crippen LogP) is 2.98. The van der Waals surface area contributed by atoms with Crippen LogP contribution >= 0.6 is 0 Å². The zero-order valence-corrected chi connectivity index (χ0v) is 16.7. The third-order valence-corrected chi connectivity index (χ3v) is 4.18. The molecule has 0 atom stereocenters.